The minimum Gasteiger partial charge on any atom is -0.481 e. The molecule has 2 N–H and O–H groups in total. The number of pyridine rings is 1. The summed E-state index contributed by atoms with van der Waals surface area (Å²) in [5.74, 6) is -0.822. The fourth-order valence-corrected chi connectivity index (χ4v) is 4.92. The summed E-state index contributed by atoms with van der Waals surface area (Å²) in [5, 5.41) is 28.8. The Labute approximate surface area is 187 Å². The quantitative estimate of drug-likeness (QED) is 0.453. The first kappa shape index (κ1) is 20.0. The molecule has 1 aromatic carbocycles. The normalized spacial score (nSPS) is 16.9. The molecule has 2 unspecified atom stereocenters. The Morgan fingerprint density at radius 3 is 2.81 bits per heavy atom. The molecule has 3 heterocycles. The second kappa shape index (κ2) is 7.94. The standard InChI is InChI=1S/C23H21BrN4O3/c24-15-6-4-14(5-7-15)23(31)21-13-25-26-28(21)16-8-9-17-18(12-22(29)30)19-3-1-2-10-27(19)20(17)11-16/h1-7,10,13,16,23,31H,8-9,11-12H2,(H,29,30). The molecule has 31 heavy (non-hydrogen) atoms. The van der Waals surface area contributed by atoms with Gasteiger partial charge in [-0.3, -0.25) is 4.79 Å². The monoisotopic (exact) mass is 480 g/mol. The predicted molar refractivity (Wildman–Crippen MR) is 118 cm³/mol. The molecule has 0 fully saturated rings. The Bertz CT molecular complexity index is 1260. The summed E-state index contributed by atoms with van der Waals surface area (Å²) >= 11 is 3.42. The maximum atomic E-state index is 11.5. The molecule has 4 aromatic rings. The summed E-state index contributed by atoms with van der Waals surface area (Å²) in [6.07, 6.45) is 5.07. The zero-order valence-corrected chi connectivity index (χ0v) is 18.2. The van der Waals surface area contributed by atoms with Crippen LogP contribution in [0.1, 0.15) is 46.6 Å². The minimum atomic E-state index is -0.823. The molecule has 0 spiro atoms. The molecular formula is C23H21BrN4O3. The second-order valence-corrected chi connectivity index (χ2v) is 8.80. The maximum Gasteiger partial charge on any atom is 0.307 e. The molecule has 1 aliphatic rings. The van der Waals surface area contributed by atoms with E-state index in [-0.39, 0.29) is 12.5 Å². The Morgan fingerprint density at radius 1 is 1.23 bits per heavy atom. The third kappa shape index (κ3) is 3.55. The lowest BCUT2D eigenvalue weighted by atomic mass is 9.90. The first-order valence-electron chi connectivity index (χ1n) is 10.2. The van der Waals surface area contributed by atoms with Gasteiger partial charge in [0.25, 0.3) is 0 Å². The van der Waals surface area contributed by atoms with Gasteiger partial charge in [0.15, 0.2) is 0 Å². The van der Waals surface area contributed by atoms with E-state index in [2.05, 4.69) is 30.6 Å². The van der Waals surface area contributed by atoms with E-state index in [1.54, 1.807) is 6.20 Å². The van der Waals surface area contributed by atoms with Crippen molar-refractivity contribution in [1.82, 2.24) is 19.4 Å². The molecule has 3 aromatic heterocycles. The molecule has 0 radical (unpaired) electrons. The number of aromatic nitrogens is 4. The number of halogens is 1. The fraction of sp³-hybridized carbons (Fsp3) is 0.261. The molecule has 1 aliphatic carbocycles. The highest BCUT2D eigenvalue weighted by molar-refractivity contribution is 9.10. The average Bonchev–Trinajstić information content (AvgIpc) is 3.37. The van der Waals surface area contributed by atoms with Crippen LogP contribution in [0, 0.1) is 0 Å². The zero-order chi connectivity index (χ0) is 21.5. The van der Waals surface area contributed by atoms with E-state index in [0.717, 1.165) is 45.2 Å². The van der Waals surface area contributed by atoms with Crippen LogP contribution in [0.4, 0.5) is 0 Å². The van der Waals surface area contributed by atoms with Crippen LogP contribution in [-0.2, 0) is 24.1 Å². The molecular weight excluding hydrogens is 460 g/mol. The molecule has 5 rings (SSSR count). The van der Waals surface area contributed by atoms with Crippen molar-refractivity contribution in [2.45, 2.75) is 37.8 Å². The molecule has 158 valence electrons. The van der Waals surface area contributed by atoms with Gasteiger partial charge in [0.1, 0.15) is 6.10 Å². The largest absolute Gasteiger partial charge is 0.481 e. The summed E-state index contributed by atoms with van der Waals surface area (Å²) < 4.78 is 4.88. The number of carboxylic acid groups (broad SMARTS) is 1. The Hall–Kier alpha value is -2.97. The Morgan fingerprint density at radius 2 is 2.03 bits per heavy atom. The lowest BCUT2D eigenvalue weighted by molar-refractivity contribution is -0.136. The van der Waals surface area contributed by atoms with Gasteiger partial charge in [-0.1, -0.05) is 39.3 Å². The summed E-state index contributed by atoms with van der Waals surface area (Å²) in [4.78, 5) is 11.5. The molecule has 7 nitrogen and oxygen atoms in total. The van der Waals surface area contributed by atoms with Gasteiger partial charge in [0, 0.05) is 28.3 Å². The topological polar surface area (TPSA) is 92.6 Å². The number of carbonyl (C=O) groups is 1. The van der Waals surface area contributed by atoms with E-state index in [1.807, 2.05) is 53.3 Å². The molecule has 0 amide bonds. The zero-order valence-electron chi connectivity index (χ0n) is 16.6. The van der Waals surface area contributed by atoms with Crippen LogP contribution in [0.5, 0.6) is 0 Å². The first-order chi connectivity index (χ1) is 15.0. The van der Waals surface area contributed by atoms with Crippen molar-refractivity contribution in [3.63, 3.8) is 0 Å². The number of nitrogens with zero attached hydrogens (tertiary/aromatic N) is 4. The Kier molecular flexibility index (Phi) is 5.11. The van der Waals surface area contributed by atoms with Crippen molar-refractivity contribution < 1.29 is 15.0 Å². The number of carboxylic acids is 1. The average molecular weight is 481 g/mol. The van der Waals surface area contributed by atoms with Gasteiger partial charge in [0.05, 0.1) is 24.4 Å². The summed E-state index contributed by atoms with van der Waals surface area (Å²) in [7, 11) is 0. The van der Waals surface area contributed by atoms with Crippen LogP contribution in [-0.4, -0.2) is 35.6 Å². The van der Waals surface area contributed by atoms with Gasteiger partial charge < -0.3 is 14.6 Å². The molecule has 0 bridgehead atoms. The number of aliphatic hydroxyl groups is 1. The number of aliphatic carboxylic acids is 1. The number of hydrogen-bond acceptors (Lipinski definition) is 4. The SMILES string of the molecule is O=C(O)Cc1c2c(n3ccccc13)CC(n1nncc1C(O)c1ccc(Br)cc1)CC2. The van der Waals surface area contributed by atoms with E-state index in [4.69, 9.17) is 0 Å². The molecule has 0 saturated heterocycles. The fourth-order valence-electron chi connectivity index (χ4n) is 4.66. The number of aliphatic hydroxyl groups excluding tert-OH is 1. The third-order valence-corrected chi connectivity index (χ3v) is 6.60. The smallest absolute Gasteiger partial charge is 0.307 e. The van der Waals surface area contributed by atoms with E-state index < -0.39 is 12.1 Å². The third-order valence-electron chi connectivity index (χ3n) is 6.07. The van der Waals surface area contributed by atoms with Crippen LogP contribution in [0.2, 0.25) is 0 Å². The first-order valence-corrected chi connectivity index (χ1v) is 11.0. The molecule has 2 atom stereocenters. The van der Waals surface area contributed by atoms with Gasteiger partial charge in [0.2, 0.25) is 0 Å². The van der Waals surface area contributed by atoms with Crippen molar-refractivity contribution >= 4 is 27.4 Å². The number of hydrogen-bond donors (Lipinski definition) is 2. The second-order valence-electron chi connectivity index (χ2n) is 7.88. The summed E-state index contributed by atoms with van der Waals surface area (Å²) in [5.41, 5.74) is 5.52. The minimum absolute atomic E-state index is 0.0182. The van der Waals surface area contributed by atoms with Crippen molar-refractivity contribution in [3.05, 3.63) is 87.4 Å². The van der Waals surface area contributed by atoms with Crippen molar-refractivity contribution in [1.29, 1.82) is 0 Å². The Balaban J connectivity index is 1.51. The van der Waals surface area contributed by atoms with E-state index >= 15 is 0 Å². The number of rotatable bonds is 5. The van der Waals surface area contributed by atoms with Crippen molar-refractivity contribution in [2.75, 3.05) is 0 Å². The van der Waals surface area contributed by atoms with Gasteiger partial charge in [-0.2, -0.15) is 0 Å². The predicted octanol–water partition coefficient (Wildman–Crippen LogP) is 3.73. The van der Waals surface area contributed by atoms with E-state index in [9.17, 15) is 15.0 Å². The lowest BCUT2D eigenvalue weighted by Crippen LogP contribution is -2.23. The van der Waals surface area contributed by atoms with Crippen LogP contribution < -0.4 is 0 Å². The summed E-state index contributed by atoms with van der Waals surface area (Å²) in [6.45, 7) is 0. The summed E-state index contributed by atoms with van der Waals surface area (Å²) in [6, 6.07) is 13.5. The van der Waals surface area contributed by atoms with Gasteiger partial charge in [-0.25, -0.2) is 4.68 Å². The van der Waals surface area contributed by atoms with Crippen LogP contribution in [0.25, 0.3) is 5.52 Å². The van der Waals surface area contributed by atoms with Gasteiger partial charge in [-0.15, -0.1) is 5.10 Å². The van der Waals surface area contributed by atoms with Crippen molar-refractivity contribution in [3.8, 4) is 0 Å². The number of benzene rings is 1. The van der Waals surface area contributed by atoms with E-state index in [0.29, 0.717) is 12.1 Å². The molecule has 0 aliphatic heterocycles. The molecule has 8 heteroatoms. The maximum absolute atomic E-state index is 11.5. The highest BCUT2D eigenvalue weighted by Crippen LogP contribution is 2.36. The van der Waals surface area contributed by atoms with Crippen LogP contribution in [0.3, 0.4) is 0 Å². The molecule has 0 saturated carbocycles. The van der Waals surface area contributed by atoms with Gasteiger partial charge >= 0.3 is 5.97 Å². The number of fused-ring (bicyclic) bond motifs is 3. The van der Waals surface area contributed by atoms with Gasteiger partial charge in [-0.05, 0) is 53.8 Å². The van der Waals surface area contributed by atoms with Crippen LogP contribution >= 0.6 is 15.9 Å². The van der Waals surface area contributed by atoms with Crippen molar-refractivity contribution in [2.24, 2.45) is 0 Å². The highest BCUT2D eigenvalue weighted by Gasteiger charge is 2.30. The van der Waals surface area contributed by atoms with E-state index in [1.165, 1.54) is 0 Å². The lowest BCUT2D eigenvalue weighted by Gasteiger charge is -2.26. The van der Waals surface area contributed by atoms with Crippen LogP contribution in [0.15, 0.2) is 59.3 Å². The highest BCUT2D eigenvalue weighted by atomic mass is 79.9.